The van der Waals surface area contributed by atoms with Gasteiger partial charge in [-0.3, -0.25) is 0 Å². The van der Waals surface area contributed by atoms with Crippen molar-refractivity contribution in [1.29, 1.82) is 0 Å². The Bertz CT molecular complexity index is 377. The number of hydrogen-bond donors (Lipinski definition) is 1. The maximum atomic E-state index is 13.7. The van der Waals surface area contributed by atoms with Gasteiger partial charge >= 0.3 is 0 Å². The van der Waals surface area contributed by atoms with E-state index in [-0.39, 0.29) is 16.0 Å². The van der Waals surface area contributed by atoms with Crippen molar-refractivity contribution in [2.24, 2.45) is 11.7 Å². The molecular weight excluding hydrogens is 264 g/mol. The third-order valence-electron chi connectivity index (χ3n) is 3.07. The smallest absolute Gasteiger partial charge is 0.145 e. The molecule has 1 nitrogen and oxygen atoms in total. The Morgan fingerprint density at radius 2 is 2.00 bits per heavy atom. The van der Waals surface area contributed by atoms with E-state index < -0.39 is 17.7 Å². The Balaban J connectivity index is 2.36. The molecule has 0 radical (unpaired) electrons. The van der Waals surface area contributed by atoms with Crippen LogP contribution in [0.3, 0.4) is 0 Å². The molecule has 1 fully saturated rings. The lowest BCUT2D eigenvalue weighted by Crippen LogP contribution is -2.28. The van der Waals surface area contributed by atoms with Crippen molar-refractivity contribution in [2.45, 2.75) is 25.3 Å². The average Bonchev–Trinajstić information content (AvgIpc) is 2.09. The summed E-state index contributed by atoms with van der Waals surface area (Å²) in [7, 11) is 0. The van der Waals surface area contributed by atoms with Gasteiger partial charge in [0, 0.05) is 11.6 Å². The Morgan fingerprint density at radius 1 is 1.33 bits per heavy atom. The molecule has 2 rings (SSSR count). The van der Waals surface area contributed by atoms with Crippen molar-refractivity contribution >= 4 is 15.9 Å². The third kappa shape index (κ3) is 1.93. The van der Waals surface area contributed by atoms with Crippen molar-refractivity contribution in [3.63, 3.8) is 0 Å². The van der Waals surface area contributed by atoms with Crippen LogP contribution in [0.2, 0.25) is 0 Å². The first-order valence-corrected chi connectivity index (χ1v) is 5.79. The van der Waals surface area contributed by atoms with Crippen molar-refractivity contribution in [1.82, 2.24) is 0 Å². The maximum Gasteiger partial charge on any atom is 0.145 e. The lowest BCUT2D eigenvalue weighted by atomic mass is 9.77. The zero-order chi connectivity index (χ0) is 11.0. The van der Waals surface area contributed by atoms with E-state index in [1.54, 1.807) is 0 Å². The van der Waals surface area contributed by atoms with Gasteiger partial charge in [0.2, 0.25) is 0 Å². The molecule has 1 aromatic carbocycles. The third-order valence-corrected chi connectivity index (χ3v) is 3.68. The highest BCUT2D eigenvalue weighted by atomic mass is 79.9. The Labute approximate surface area is 95.8 Å². The summed E-state index contributed by atoms with van der Waals surface area (Å²) in [6.07, 6.45) is 3.04. The summed E-state index contributed by atoms with van der Waals surface area (Å²) in [6.45, 7) is 0. The zero-order valence-electron chi connectivity index (χ0n) is 8.14. The van der Waals surface area contributed by atoms with E-state index in [0.29, 0.717) is 0 Å². The highest BCUT2D eigenvalue weighted by Crippen LogP contribution is 2.38. The minimum atomic E-state index is -0.561. The average molecular weight is 276 g/mol. The van der Waals surface area contributed by atoms with Gasteiger partial charge in [-0.1, -0.05) is 6.42 Å². The zero-order valence-corrected chi connectivity index (χ0v) is 9.73. The lowest BCUT2D eigenvalue weighted by molar-refractivity contribution is 0.256. The van der Waals surface area contributed by atoms with Gasteiger partial charge in [0.15, 0.2) is 0 Å². The summed E-state index contributed by atoms with van der Waals surface area (Å²) in [5.74, 6) is -0.882. The highest BCUT2D eigenvalue weighted by Gasteiger charge is 2.30. The highest BCUT2D eigenvalue weighted by molar-refractivity contribution is 9.10. The number of hydrogen-bond acceptors (Lipinski definition) is 1. The first-order valence-electron chi connectivity index (χ1n) is 5.00. The van der Waals surface area contributed by atoms with Crippen LogP contribution in [0.15, 0.2) is 16.6 Å². The van der Waals surface area contributed by atoms with Gasteiger partial charge in [-0.05, 0) is 46.8 Å². The minimum Gasteiger partial charge on any atom is -0.324 e. The Hall–Kier alpha value is -0.480. The second-order valence-corrected chi connectivity index (χ2v) is 4.83. The quantitative estimate of drug-likeness (QED) is 0.822. The maximum absolute atomic E-state index is 13.7. The molecule has 1 aliphatic rings. The SMILES string of the molecule is N[C@@H](c1c(F)ccc(Br)c1F)C1CCC1. The van der Waals surface area contributed by atoms with E-state index in [1.807, 2.05) is 0 Å². The molecular formula is C11H12BrF2N. The van der Waals surface area contributed by atoms with Crippen molar-refractivity contribution in [3.05, 3.63) is 33.8 Å². The molecule has 2 N–H and O–H groups in total. The summed E-state index contributed by atoms with van der Waals surface area (Å²) in [4.78, 5) is 0. The fourth-order valence-electron chi connectivity index (χ4n) is 1.88. The number of halogens is 3. The molecule has 15 heavy (non-hydrogen) atoms. The fraction of sp³-hybridized carbons (Fsp3) is 0.455. The molecule has 1 aliphatic carbocycles. The molecule has 0 spiro atoms. The molecule has 0 heterocycles. The molecule has 0 amide bonds. The van der Waals surface area contributed by atoms with Gasteiger partial charge in [0.1, 0.15) is 11.6 Å². The molecule has 1 atom stereocenters. The van der Waals surface area contributed by atoms with Crippen LogP contribution >= 0.6 is 15.9 Å². The number of benzene rings is 1. The van der Waals surface area contributed by atoms with Crippen LogP contribution in [0, 0.1) is 17.6 Å². The van der Waals surface area contributed by atoms with E-state index in [0.717, 1.165) is 19.3 Å². The summed E-state index contributed by atoms with van der Waals surface area (Å²) in [5.41, 5.74) is 5.89. The van der Waals surface area contributed by atoms with Gasteiger partial charge < -0.3 is 5.73 Å². The molecule has 1 saturated carbocycles. The van der Waals surface area contributed by atoms with Gasteiger partial charge in [-0.25, -0.2) is 8.78 Å². The molecule has 0 aromatic heterocycles. The van der Waals surface area contributed by atoms with Crippen LogP contribution in [0.1, 0.15) is 30.9 Å². The number of nitrogens with two attached hydrogens (primary N) is 1. The van der Waals surface area contributed by atoms with E-state index in [1.165, 1.54) is 12.1 Å². The Morgan fingerprint density at radius 3 is 2.53 bits per heavy atom. The van der Waals surface area contributed by atoms with Crippen molar-refractivity contribution < 1.29 is 8.78 Å². The second-order valence-electron chi connectivity index (χ2n) is 3.97. The van der Waals surface area contributed by atoms with Gasteiger partial charge in [0.05, 0.1) is 4.47 Å². The first kappa shape index (κ1) is 11.0. The Kier molecular flexibility index (Phi) is 3.07. The molecule has 0 unspecified atom stereocenters. The fourth-order valence-corrected chi connectivity index (χ4v) is 2.23. The number of rotatable bonds is 2. The standard InChI is InChI=1S/C11H12BrF2N/c12-7-4-5-8(13)9(10(7)14)11(15)6-2-1-3-6/h4-6,11H,1-3,15H2/t11-/m1/s1. The van der Waals surface area contributed by atoms with Crippen molar-refractivity contribution in [3.8, 4) is 0 Å². The van der Waals surface area contributed by atoms with Gasteiger partial charge in [-0.2, -0.15) is 0 Å². The topological polar surface area (TPSA) is 26.0 Å². The second kappa shape index (κ2) is 4.18. The predicted octanol–water partition coefficient (Wildman–Crippen LogP) is 3.53. The molecule has 1 aromatic rings. The first-order chi connectivity index (χ1) is 7.11. The summed E-state index contributed by atoms with van der Waals surface area (Å²) >= 11 is 3.04. The summed E-state index contributed by atoms with van der Waals surface area (Å²) in [6, 6.07) is 2.10. The van der Waals surface area contributed by atoms with Crippen LogP contribution in [0.4, 0.5) is 8.78 Å². The van der Waals surface area contributed by atoms with E-state index in [9.17, 15) is 8.78 Å². The van der Waals surface area contributed by atoms with Gasteiger partial charge in [-0.15, -0.1) is 0 Å². The minimum absolute atomic E-state index is 0.0223. The van der Waals surface area contributed by atoms with E-state index >= 15 is 0 Å². The van der Waals surface area contributed by atoms with Crippen LogP contribution in [0.25, 0.3) is 0 Å². The normalized spacial score (nSPS) is 18.7. The van der Waals surface area contributed by atoms with Crippen molar-refractivity contribution in [2.75, 3.05) is 0 Å². The summed E-state index contributed by atoms with van der Waals surface area (Å²) in [5, 5.41) is 0. The van der Waals surface area contributed by atoms with Crippen LogP contribution in [0.5, 0.6) is 0 Å². The molecule has 82 valence electrons. The molecule has 0 aliphatic heterocycles. The van der Waals surface area contributed by atoms with E-state index in [4.69, 9.17) is 5.73 Å². The molecule has 0 saturated heterocycles. The largest absolute Gasteiger partial charge is 0.324 e. The van der Waals surface area contributed by atoms with Crippen LogP contribution in [-0.4, -0.2) is 0 Å². The monoisotopic (exact) mass is 275 g/mol. The molecule has 0 bridgehead atoms. The predicted molar refractivity (Wildman–Crippen MR) is 58.3 cm³/mol. The van der Waals surface area contributed by atoms with Gasteiger partial charge in [0.25, 0.3) is 0 Å². The lowest BCUT2D eigenvalue weighted by Gasteiger charge is -2.31. The van der Waals surface area contributed by atoms with Crippen LogP contribution in [-0.2, 0) is 0 Å². The van der Waals surface area contributed by atoms with E-state index in [2.05, 4.69) is 15.9 Å². The molecule has 4 heteroatoms. The summed E-state index contributed by atoms with van der Waals surface area (Å²) < 4.78 is 27.4. The van der Waals surface area contributed by atoms with Crippen LogP contribution < -0.4 is 5.73 Å².